The van der Waals surface area contributed by atoms with Crippen LogP contribution in [0, 0.1) is 0 Å². The van der Waals surface area contributed by atoms with Crippen molar-refractivity contribution in [3.63, 3.8) is 0 Å². The molecule has 0 heterocycles. The van der Waals surface area contributed by atoms with Gasteiger partial charge in [-0.1, -0.05) is 30.0 Å². The number of thioether (sulfide) groups is 1. The fourth-order valence-corrected chi connectivity index (χ4v) is 3.56. The number of halogens is 3. The van der Waals surface area contributed by atoms with Gasteiger partial charge in [-0.15, -0.1) is 0 Å². The van der Waals surface area contributed by atoms with Crippen molar-refractivity contribution in [3.8, 4) is 5.75 Å². The summed E-state index contributed by atoms with van der Waals surface area (Å²) >= 11 is 0.812. The van der Waals surface area contributed by atoms with Gasteiger partial charge in [0, 0.05) is 13.5 Å². The Balaban J connectivity index is 2.14. The predicted octanol–water partition coefficient (Wildman–Crippen LogP) is 3.32. The Morgan fingerprint density at radius 1 is 1.10 bits per heavy atom. The number of carbonyl (C=O) groups excluding carboxylic acids is 3. The largest absolute Gasteiger partial charge is 0.496 e. The topological polar surface area (TPSA) is 98.5 Å². The lowest BCUT2D eigenvalue weighted by Gasteiger charge is -2.14. The standard InChI is InChI=1S/C21H21F3N2O4S/c1-12(27)31-18(19(25)28)10-14-5-8-17(30-2)16(9-14)20(29)26-11-13-3-6-15(7-4-13)21(22,23)24/h3-9,18H,10-11H2,1-2H3,(H2,25,28)(H,26,29). The van der Waals surface area contributed by atoms with Crippen LogP contribution in [0.15, 0.2) is 42.5 Å². The van der Waals surface area contributed by atoms with Crippen molar-refractivity contribution in [1.29, 1.82) is 0 Å². The summed E-state index contributed by atoms with van der Waals surface area (Å²) in [5.41, 5.74) is 5.84. The van der Waals surface area contributed by atoms with Crippen LogP contribution < -0.4 is 15.8 Å². The van der Waals surface area contributed by atoms with Gasteiger partial charge in [0.15, 0.2) is 5.12 Å². The average molecular weight is 454 g/mol. The van der Waals surface area contributed by atoms with Crippen molar-refractivity contribution in [2.45, 2.75) is 31.3 Å². The zero-order valence-electron chi connectivity index (χ0n) is 16.8. The van der Waals surface area contributed by atoms with E-state index in [1.165, 1.54) is 32.2 Å². The van der Waals surface area contributed by atoms with Crippen LogP contribution in [0.1, 0.15) is 34.0 Å². The van der Waals surface area contributed by atoms with E-state index in [-0.39, 0.29) is 29.4 Å². The van der Waals surface area contributed by atoms with Crippen LogP contribution in [0.4, 0.5) is 13.2 Å². The first kappa shape index (κ1) is 24.3. The number of nitrogens with one attached hydrogen (secondary N) is 1. The Kier molecular flexibility index (Phi) is 8.09. The molecule has 0 spiro atoms. The van der Waals surface area contributed by atoms with Crippen molar-refractivity contribution in [2.24, 2.45) is 5.73 Å². The predicted molar refractivity (Wildman–Crippen MR) is 111 cm³/mol. The van der Waals surface area contributed by atoms with Gasteiger partial charge in [0.1, 0.15) is 5.75 Å². The maximum Gasteiger partial charge on any atom is 0.416 e. The van der Waals surface area contributed by atoms with E-state index in [2.05, 4.69) is 5.32 Å². The Morgan fingerprint density at radius 3 is 2.23 bits per heavy atom. The molecule has 1 unspecified atom stereocenters. The molecule has 2 amide bonds. The molecule has 0 aromatic heterocycles. The number of rotatable bonds is 8. The molecule has 0 saturated carbocycles. The molecule has 0 bridgehead atoms. The van der Waals surface area contributed by atoms with Crippen LogP contribution in [-0.4, -0.2) is 29.3 Å². The number of nitrogens with two attached hydrogens (primary N) is 1. The number of amides is 2. The number of hydrogen-bond acceptors (Lipinski definition) is 5. The van der Waals surface area contributed by atoms with Gasteiger partial charge in [-0.25, -0.2) is 0 Å². The SMILES string of the molecule is COc1ccc(CC(SC(C)=O)C(N)=O)cc1C(=O)NCc1ccc(C(F)(F)F)cc1. The number of hydrogen-bond donors (Lipinski definition) is 2. The van der Waals surface area contributed by atoms with E-state index in [0.29, 0.717) is 11.1 Å². The highest BCUT2D eigenvalue weighted by molar-refractivity contribution is 8.14. The first-order valence-corrected chi connectivity index (χ1v) is 9.97. The zero-order chi connectivity index (χ0) is 23.2. The van der Waals surface area contributed by atoms with Crippen molar-refractivity contribution >= 4 is 28.7 Å². The molecular formula is C21H21F3N2O4S. The van der Waals surface area contributed by atoms with Crippen LogP contribution >= 0.6 is 11.8 Å². The minimum atomic E-state index is -4.43. The molecule has 1 atom stereocenters. The van der Waals surface area contributed by atoms with Gasteiger partial charge >= 0.3 is 6.18 Å². The van der Waals surface area contributed by atoms with E-state index < -0.39 is 28.8 Å². The summed E-state index contributed by atoms with van der Waals surface area (Å²) < 4.78 is 43.2. The minimum absolute atomic E-state index is 0.00838. The van der Waals surface area contributed by atoms with Gasteiger partial charge in [0.25, 0.3) is 5.91 Å². The van der Waals surface area contributed by atoms with Crippen LogP contribution in [0.3, 0.4) is 0 Å². The highest BCUT2D eigenvalue weighted by atomic mass is 32.2. The lowest BCUT2D eigenvalue weighted by atomic mass is 10.0. The average Bonchev–Trinajstić information content (AvgIpc) is 2.70. The number of carbonyl (C=O) groups is 3. The fourth-order valence-electron chi connectivity index (χ4n) is 2.76. The third-order valence-corrected chi connectivity index (χ3v) is 5.30. The van der Waals surface area contributed by atoms with Crippen molar-refractivity contribution in [1.82, 2.24) is 5.32 Å². The lowest BCUT2D eigenvalue weighted by molar-refractivity contribution is -0.137. The molecule has 166 valence electrons. The quantitative estimate of drug-likeness (QED) is 0.638. The van der Waals surface area contributed by atoms with E-state index in [0.717, 1.165) is 23.9 Å². The molecule has 0 aliphatic heterocycles. The summed E-state index contributed by atoms with van der Waals surface area (Å²) in [6.45, 7) is 1.34. The van der Waals surface area contributed by atoms with Gasteiger partial charge in [0.2, 0.25) is 5.91 Å². The summed E-state index contributed by atoms with van der Waals surface area (Å²) in [7, 11) is 1.39. The van der Waals surface area contributed by atoms with Gasteiger partial charge in [-0.05, 0) is 41.8 Å². The summed E-state index contributed by atoms with van der Waals surface area (Å²) in [5, 5.41) is 1.59. The summed E-state index contributed by atoms with van der Waals surface area (Å²) in [6.07, 6.45) is -4.29. The van der Waals surface area contributed by atoms with Crippen LogP contribution in [0.5, 0.6) is 5.75 Å². The molecule has 0 saturated heterocycles. The maximum atomic E-state index is 12.7. The molecule has 0 fully saturated rings. The third-order valence-electron chi connectivity index (χ3n) is 4.29. The smallest absolute Gasteiger partial charge is 0.416 e. The van der Waals surface area contributed by atoms with Crippen molar-refractivity contribution < 1.29 is 32.3 Å². The van der Waals surface area contributed by atoms with Crippen LogP contribution in [0.25, 0.3) is 0 Å². The first-order chi connectivity index (χ1) is 14.5. The number of methoxy groups -OCH3 is 1. The van der Waals surface area contributed by atoms with Gasteiger partial charge in [0.05, 0.1) is 23.5 Å². The van der Waals surface area contributed by atoms with Crippen LogP contribution in [0.2, 0.25) is 0 Å². The number of alkyl halides is 3. The van der Waals surface area contributed by atoms with E-state index in [9.17, 15) is 27.6 Å². The monoisotopic (exact) mass is 454 g/mol. The van der Waals surface area contributed by atoms with E-state index in [4.69, 9.17) is 10.5 Å². The fraction of sp³-hybridized carbons (Fsp3) is 0.286. The zero-order valence-corrected chi connectivity index (χ0v) is 17.6. The van der Waals surface area contributed by atoms with Crippen molar-refractivity contribution in [3.05, 3.63) is 64.7 Å². The Hall–Kier alpha value is -3.01. The summed E-state index contributed by atoms with van der Waals surface area (Å²) in [5.74, 6) is -0.874. The molecule has 2 rings (SSSR count). The highest BCUT2D eigenvalue weighted by Crippen LogP contribution is 2.29. The van der Waals surface area contributed by atoms with Gasteiger partial charge in [-0.2, -0.15) is 13.2 Å². The van der Waals surface area contributed by atoms with Crippen molar-refractivity contribution in [2.75, 3.05) is 7.11 Å². The minimum Gasteiger partial charge on any atom is -0.496 e. The van der Waals surface area contributed by atoms with E-state index in [1.54, 1.807) is 12.1 Å². The Morgan fingerprint density at radius 2 is 1.71 bits per heavy atom. The number of primary amides is 1. The molecule has 3 N–H and O–H groups in total. The highest BCUT2D eigenvalue weighted by Gasteiger charge is 2.30. The van der Waals surface area contributed by atoms with Gasteiger partial charge in [-0.3, -0.25) is 14.4 Å². The summed E-state index contributed by atoms with van der Waals surface area (Å²) in [6, 6.07) is 9.19. The number of benzene rings is 2. The second kappa shape index (κ2) is 10.3. The Bertz CT molecular complexity index is 962. The second-order valence-corrected chi connectivity index (χ2v) is 8.00. The molecule has 0 aliphatic rings. The summed E-state index contributed by atoms with van der Waals surface area (Å²) in [4.78, 5) is 35.6. The molecule has 10 heteroatoms. The third kappa shape index (κ3) is 7.02. The maximum absolute atomic E-state index is 12.7. The van der Waals surface area contributed by atoms with E-state index in [1.807, 2.05) is 0 Å². The molecule has 0 aliphatic carbocycles. The molecule has 2 aromatic rings. The van der Waals surface area contributed by atoms with E-state index >= 15 is 0 Å². The number of ether oxygens (including phenoxy) is 1. The molecule has 2 aromatic carbocycles. The Labute approximate surface area is 181 Å². The van der Waals surface area contributed by atoms with Crippen LogP contribution in [-0.2, 0) is 28.7 Å². The molecular weight excluding hydrogens is 433 g/mol. The lowest BCUT2D eigenvalue weighted by Crippen LogP contribution is -2.29. The molecule has 6 nitrogen and oxygen atoms in total. The molecule has 31 heavy (non-hydrogen) atoms. The first-order valence-electron chi connectivity index (χ1n) is 9.09. The molecule has 0 radical (unpaired) electrons. The van der Waals surface area contributed by atoms with Gasteiger partial charge < -0.3 is 15.8 Å². The second-order valence-electron chi connectivity index (χ2n) is 6.62. The normalized spacial score (nSPS) is 12.2.